The van der Waals surface area contributed by atoms with Gasteiger partial charge in [0, 0.05) is 29.1 Å². The van der Waals surface area contributed by atoms with Crippen LogP contribution in [0.1, 0.15) is 19.7 Å². The molecule has 3 rings (SSSR count). The molecule has 0 bridgehead atoms. The predicted octanol–water partition coefficient (Wildman–Crippen LogP) is 4.67. The third-order valence-electron chi connectivity index (χ3n) is 3.05. The van der Waals surface area contributed by atoms with Crippen molar-refractivity contribution in [2.75, 3.05) is 0 Å². The van der Waals surface area contributed by atoms with E-state index in [9.17, 15) is 0 Å². The fourth-order valence-corrected chi connectivity index (χ4v) is 2.44. The van der Waals surface area contributed by atoms with Crippen LogP contribution in [0.5, 0.6) is 0 Å². The van der Waals surface area contributed by atoms with Gasteiger partial charge in [-0.15, -0.1) is 0 Å². The highest BCUT2D eigenvalue weighted by Gasteiger charge is 2.17. The summed E-state index contributed by atoms with van der Waals surface area (Å²) in [5.41, 5.74) is 2.03. The Morgan fingerprint density at radius 3 is 2.89 bits per heavy atom. The number of nitrogens with zero attached hydrogens (tertiary/aromatic N) is 1. The number of fused-ring (bicyclic) bond motifs is 1. The van der Waals surface area contributed by atoms with E-state index in [1.165, 1.54) is 0 Å². The first kappa shape index (κ1) is 12.3. The summed E-state index contributed by atoms with van der Waals surface area (Å²) in [5, 5.41) is 1.53. The molecule has 1 N–H and O–H groups in total. The van der Waals surface area contributed by atoms with Crippen molar-refractivity contribution >= 4 is 22.5 Å². The Hall–Kier alpha value is -1.74. The van der Waals surface area contributed by atoms with Gasteiger partial charge < -0.3 is 9.40 Å². The van der Waals surface area contributed by atoms with Crippen molar-refractivity contribution in [3.05, 3.63) is 41.5 Å². The fraction of sp³-hybridized carbons (Fsp3) is 0.267. The summed E-state index contributed by atoms with van der Waals surface area (Å²) in [6, 6.07) is 8.06. The summed E-state index contributed by atoms with van der Waals surface area (Å²) in [5.74, 6) is 1.83. The van der Waals surface area contributed by atoms with E-state index < -0.39 is 0 Å². The Labute approximate surface area is 116 Å². The first-order valence-corrected chi connectivity index (χ1v) is 6.74. The van der Waals surface area contributed by atoms with Crippen LogP contribution in [0, 0.1) is 5.92 Å². The van der Waals surface area contributed by atoms with Crippen LogP contribution in [0.4, 0.5) is 0 Å². The quantitative estimate of drug-likeness (QED) is 0.754. The van der Waals surface area contributed by atoms with E-state index in [-0.39, 0.29) is 0 Å². The SMILES string of the molecule is CC(C)Cc1nc(Cl)c(-c2c[nH]c3ccccc23)o1. The highest BCUT2D eigenvalue weighted by Crippen LogP contribution is 2.34. The number of benzene rings is 1. The van der Waals surface area contributed by atoms with Crippen LogP contribution in [0.25, 0.3) is 22.2 Å². The monoisotopic (exact) mass is 274 g/mol. The summed E-state index contributed by atoms with van der Waals surface area (Å²) in [6.07, 6.45) is 2.71. The first-order valence-electron chi connectivity index (χ1n) is 6.37. The van der Waals surface area contributed by atoms with Gasteiger partial charge in [0.1, 0.15) is 0 Å². The van der Waals surface area contributed by atoms with E-state index in [1.807, 2.05) is 30.5 Å². The third-order valence-corrected chi connectivity index (χ3v) is 3.30. The normalized spacial score (nSPS) is 11.6. The van der Waals surface area contributed by atoms with E-state index in [0.717, 1.165) is 22.9 Å². The molecule has 0 unspecified atom stereocenters. The molecule has 0 atom stereocenters. The van der Waals surface area contributed by atoms with Crippen molar-refractivity contribution in [3.8, 4) is 11.3 Å². The number of aromatic nitrogens is 2. The smallest absolute Gasteiger partial charge is 0.196 e. The predicted molar refractivity (Wildman–Crippen MR) is 77.3 cm³/mol. The van der Waals surface area contributed by atoms with Gasteiger partial charge in [0.2, 0.25) is 0 Å². The number of para-hydroxylation sites is 1. The Bertz CT molecular complexity index is 712. The number of H-pyrrole nitrogens is 1. The lowest BCUT2D eigenvalue weighted by molar-refractivity contribution is 0.466. The average Bonchev–Trinajstić information content (AvgIpc) is 2.92. The van der Waals surface area contributed by atoms with Crippen molar-refractivity contribution in [2.45, 2.75) is 20.3 Å². The van der Waals surface area contributed by atoms with Crippen LogP contribution in [0.15, 0.2) is 34.9 Å². The fourth-order valence-electron chi connectivity index (χ4n) is 2.21. The zero-order valence-electron chi connectivity index (χ0n) is 10.9. The van der Waals surface area contributed by atoms with Gasteiger partial charge >= 0.3 is 0 Å². The van der Waals surface area contributed by atoms with Crippen molar-refractivity contribution in [2.24, 2.45) is 5.92 Å². The van der Waals surface area contributed by atoms with Crippen LogP contribution in [0.2, 0.25) is 5.15 Å². The molecule has 0 aliphatic rings. The molecule has 0 radical (unpaired) electrons. The van der Waals surface area contributed by atoms with E-state index in [0.29, 0.717) is 22.7 Å². The van der Waals surface area contributed by atoms with Crippen LogP contribution < -0.4 is 0 Å². The minimum absolute atomic E-state index is 0.431. The molecule has 0 saturated heterocycles. The Morgan fingerprint density at radius 2 is 2.11 bits per heavy atom. The number of rotatable bonds is 3. The molecule has 3 nitrogen and oxygen atoms in total. The second-order valence-corrected chi connectivity index (χ2v) is 5.43. The Kier molecular flexibility index (Phi) is 3.07. The average molecular weight is 275 g/mol. The Balaban J connectivity index is 2.09. The van der Waals surface area contributed by atoms with E-state index >= 15 is 0 Å². The maximum absolute atomic E-state index is 6.20. The van der Waals surface area contributed by atoms with Crippen molar-refractivity contribution in [1.82, 2.24) is 9.97 Å². The molecule has 0 aliphatic heterocycles. The lowest BCUT2D eigenvalue weighted by atomic mass is 10.1. The number of nitrogens with one attached hydrogen (secondary N) is 1. The van der Waals surface area contributed by atoms with E-state index in [4.69, 9.17) is 16.0 Å². The summed E-state index contributed by atoms with van der Waals surface area (Å²) in [6.45, 7) is 4.26. The second kappa shape index (κ2) is 4.74. The van der Waals surface area contributed by atoms with Gasteiger partial charge in [-0.25, -0.2) is 4.98 Å². The van der Waals surface area contributed by atoms with Crippen LogP contribution >= 0.6 is 11.6 Å². The highest BCUT2D eigenvalue weighted by atomic mass is 35.5. The van der Waals surface area contributed by atoms with Crippen molar-refractivity contribution in [3.63, 3.8) is 0 Å². The maximum atomic E-state index is 6.20. The standard InChI is InChI=1S/C15H15ClN2O/c1-9(2)7-13-18-15(16)14(19-13)11-8-17-12-6-4-3-5-10(11)12/h3-6,8-9,17H,7H2,1-2H3. The molecule has 2 heterocycles. The lowest BCUT2D eigenvalue weighted by Crippen LogP contribution is -1.93. The molecular formula is C15H15ClN2O. The zero-order chi connectivity index (χ0) is 13.4. The van der Waals surface area contributed by atoms with E-state index in [2.05, 4.69) is 23.8 Å². The minimum atomic E-state index is 0.431. The number of aromatic amines is 1. The van der Waals surface area contributed by atoms with Crippen LogP contribution in [-0.2, 0) is 6.42 Å². The summed E-state index contributed by atoms with van der Waals surface area (Å²) in [4.78, 5) is 7.52. The molecule has 0 spiro atoms. The van der Waals surface area contributed by atoms with Gasteiger partial charge in [-0.3, -0.25) is 0 Å². The van der Waals surface area contributed by atoms with Gasteiger partial charge in [0.05, 0.1) is 0 Å². The van der Waals surface area contributed by atoms with Crippen LogP contribution in [0.3, 0.4) is 0 Å². The molecule has 4 heteroatoms. The largest absolute Gasteiger partial charge is 0.439 e. The first-order chi connectivity index (χ1) is 9.15. The van der Waals surface area contributed by atoms with Gasteiger partial charge in [-0.2, -0.15) is 0 Å². The number of hydrogen-bond acceptors (Lipinski definition) is 2. The molecule has 0 saturated carbocycles. The molecule has 98 valence electrons. The number of halogens is 1. The molecule has 19 heavy (non-hydrogen) atoms. The van der Waals surface area contributed by atoms with Gasteiger partial charge in [-0.05, 0) is 12.0 Å². The lowest BCUT2D eigenvalue weighted by Gasteiger charge is -1.98. The number of oxazole rings is 1. The zero-order valence-corrected chi connectivity index (χ0v) is 11.7. The molecule has 0 aliphatic carbocycles. The number of hydrogen-bond donors (Lipinski definition) is 1. The highest BCUT2D eigenvalue weighted by molar-refractivity contribution is 6.32. The maximum Gasteiger partial charge on any atom is 0.196 e. The van der Waals surface area contributed by atoms with Crippen molar-refractivity contribution < 1.29 is 4.42 Å². The van der Waals surface area contributed by atoms with Gasteiger partial charge in [0.15, 0.2) is 16.8 Å². The van der Waals surface area contributed by atoms with Crippen molar-refractivity contribution in [1.29, 1.82) is 0 Å². The van der Waals surface area contributed by atoms with Crippen LogP contribution in [-0.4, -0.2) is 9.97 Å². The molecular weight excluding hydrogens is 260 g/mol. The van der Waals surface area contributed by atoms with Gasteiger partial charge in [0.25, 0.3) is 0 Å². The Morgan fingerprint density at radius 1 is 1.32 bits per heavy atom. The molecule has 2 aromatic heterocycles. The molecule has 1 aromatic carbocycles. The second-order valence-electron chi connectivity index (χ2n) is 5.07. The third kappa shape index (κ3) is 2.26. The van der Waals surface area contributed by atoms with Gasteiger partial charge in [-0.1, -0.05) is 43.6 Å². The summed E-state index contributed by atoms with van der Waals surface area (Å²) >= 11 is 6.20. The summed E-state index contributed by atoms with van der Waals surface area (Å²) in [7, 11) is 0. The molecule has 0 amide bonds. The summed E-state index contributed by atoms with van der Waals surface area (Å²) < 4.78 is 5.81. The van der Waals surface area contributed by atoms with E-state index in [1.54, 1.807) is 0 Å². The minimum Gasteiger partial charge on any atom is -0.439 e. The molecule has 3 aromatic rings. The molecule has 0 fully saturated rings. The topological polar surface area (TPSA) is 41.8 Å².